The predicted molar refractivity (Wildman–Crippen MR) is 40.5 cm³/mol. The minimum atomic E-state index is -0.838. The molecule has 3 heteroatoms. The highest BCUT2D eigenvalue weighted by Gasteiger charge is 2.55. The number of hydrogen-bond donors (Lipinski definition) is 0. The lowest BCUT2D eigenvalue weighted by molar-refractivity contribution is -0.157. The zero-order valence-electron chi connectivity index (χ0n) is 6.76. The molecule has 0 N–H and O–H groups in total. The summed E-state index contributed by atoms with van der Waals surface area (Å²) in [5.74, 6) is 0.0512. The molecule has 0 aromatic heterocycles. The van der Waals surface area contributed by atoms with Gasteiger partial charge < -0.3 is 0 Å². The molecule has 0 saturated heterocycles. The molecule has 0 heterocycles. The van der Waals surface area contributed by atoms with Crippen LogP contribution < -0.4 is 0 Å². The van der Waals surface area contributed by atoms with Gasteiger partial charge in [-0.25, -0.2) is 0 Å². The quantitative estimate of drug-likeness (QED) is 0.496. The van der Waals surface area contributed by atoms with Crippen LogP contribution in [0.4, 0.5) is 0 Å². The second-order valence-electron chi connectivity index (χ2n) is 3.67. The maximum atomic E-state index is 11.4. The highest BCUT2D eigenvalue weighted by atomic mass is 16.2. The molecule has 0 unspecified atom stereocenters. The molecule has 1 spiro atoms. The van der Waals surface area contributed by atoms with E-state index in [-0.39, 0.29) is 30.2 Å². The van der Waals surface area contributed by atoms with Crippen molar-refractivity contribution in [3.8, 4) is 0 Å². The fourth-order valence-corrected chi connectivity index (χ4v) is 2.06. The third-order valence-corrected chi connectivity index (χ3v) is 2.87. The largest absolute Gasteiger partial charge is 0.300 e. The van der Waals surface area contributed by atoms with Crippen LogP contribution >= 0.6 is 0 Å². The van der Waals surface area contributed by atoms with Crippen LogP contribution in [0.1, 0.15) is 32.1 Å². The summed E-state index contributed by atoms with van der Waals surface area (Å²) in [5, 5.41) is 0. The van der Waals surface area contributed by atoms with E-state index in [1.807, 2.05) is 0 Å². The lowest BCUT2D eigenvalue weighted by atomic mass is 9.58. The highest BCUT2D eigenvalue weighted by Crippen LogP contribution is 2.44. The van der Waals surface area contributed by atoms with Crippen molar-refractivity contribution < 1.29 is 14.4 Å². The Labute approximate surface area is 70.1 Å². The minimum absolute atomic E-state index is 0.00153. The van der Waals surface area contributed by atoms with Gasteiger partial charge in [-0.15, -0.1) is 0 Å². The number of rotatable bonds is 0. The smallest absolute Gasteiger partial charge is 0.147 e. The fraction of sp³-hybridized carbons (Fsp3) is 0.667. The lowest BCUT2D eigenvalue weighted by Crippen LogP contribution is -2.52. The number of carbonyl (C=O) groups excluding carboxylic acids is 3. The van der Waals surface area contributed by atoms with Gasteiger partial charge in [0.05, 0.1) is 0 Å². The summed E-state index contributed by atoms with van der Waals surface area (Å²) in [7, 11) is 0. The third-order valence-electron chi connectivity index (χ3n) is 2.87. The first-order valence-corrected chi connectivity index (χ1v) is 4.23. The predicted octanol–water partition coefficient (Wildman–Crippen LogP) is 0.658. The molecule has 2 rings (SSSR count). The molecule has 3 nitrogen and oxygen atoms in total. The van der Waals surface area contributed by atoms with E-state index in [0.29, 0.717) is 19.3 Å². The van der Waals surface area contributed by atoms with Crippen molar-refractivity contribution in [3.05, 3.63) is 0 Å². The average Bonchev–Trinajstić information content (AvgIpc) is 1.95. The Bertz CT molecular complexity index is 251. The number of Topliss-reactive ketones (excluding diaryl/α,β-unsaturated/α-hetero) is 3. The van der Waals surface area contributed by atoms with Crippen LogP contribution in [0.5, 0.6) is 0 Å². The third kappa shape index (κ3) is 0.792. The van der Waals surface area contributed by atoms with E-state index in [9.17, 15) is 14.4 Å². The zero-order valence-corrected chi connectivity index (χ0v) is 6.76. The molecule has 0 aromatic carbocycles. The fourth-order valence-electron chi connectivity index (χ4n) is 2.06. The van der Waals surface area contributed by atoms with E-state index < -0.39 is 5.41 Å². The standard InChI is InChI=1S/C9H10O3/c10-6-4-9(5-6)7(11)2-1-3-8(9)12/h1-5H2. The molecule has 2 aliphatic rings. The molecule has 0 amide bonds. The van der Waals surface area contributed by atoms with E-state index >= 15 is 0 Å². The summed E-state index contributed by atoms with van der Waals surface area (Å²) < 4.78 is 0. The number of hydrogen-bond acceptors (Lipinski definition) is 3. The molecule has 0 atom stereocenters. The molecular formula is C9H10O3. The minimum Gasteiger partial charge on any atom is -0.300 e. The van der Waals surface area contributed by atoms with Gasteiger partial charge in [0.25, 0.3) is 0 Å². The first-order valence-electron chi connectivity index (χ1n) is 4.23. The average molecular weight is 166 g/mol. The van der Waals surface area contributed by atoms with E-state index in [1.54, 1.807) is 0 Å². The summed E-state index contributed by atoms with van der Waals surface area (Å²) in [5.41, 5.74) is -0.838. The van der Waals surface area contributed by atoms with Crippen LogP contribution in [-0.2, 0) is 14.4 Å². The number of carbonyl (C=O) groups is 3. The molecule has 2 fully saturated rings. The van der Waals surface area contributed by atoms with Gasteiger partial charge in [0.2, 0.25) is 0 Å². The van der Waals surface area contributed by atoms with Gasteiger partial charge in [-0.1, -0.05) is 0 Å². The van der Waals surface area contributed by atoms with Gasteiger partial charge in [0.15, 0.2) is 0 Å². The van der Waals surface area contributed by atoms with Crippen LogP contribution in [0, 0.1) is 5.41 Å². The Balaban J connectivity index is 2.26. The maximum absolute atomic E-state index is 11.4. The summed E-state index contributed by atoms with van der Waals surface area (Å²) >= 11 is 0. The topological polar surface area (TPSA) is 51.2 Å². The van der Waals surface area contributed by atoms with E-state index in [4.69, 9.17) is 0 Å². The molecule has 0 aliphatic heterocycles. The maximum Gasteiger partial charge on any atom is 0.147 e. The van der Waals surface area contributed by atoms with Gasteiger partial charge in [0.1, 0.15) is 22.8 Å². The van der Waals surface area contributed by atoms with Crippen molar-refractivity contribution >= 4 is 17.3 Å². The van der Waals surface area contributed by atoms with Crippen LogP contribution in [0.2, 0.25) is 0 Å². The van der Waals surface area contributed by atoms with Gasteiger partial charge in [0, 0.05) is 25.7 Å². The molecule has 12 heavy (non-hydrogen) atoms. The van der Waals surface area contributed by atoms with E-state index in [2.05, 4.69) is 0 Å². The molecule has 0 aromatic rings. The Morgan fingerprint density at radius 1 is 0.917 bits per heavy atom. The SMILES string of the molecule is O=C1CC2(C1)C(=O)CCCC2=O. The van der Waals surface area contributed by atoms with Gasteiger partial charge >= 0.3 is 0 Å². The van der Waals surface area contributed by atoms with Gasteiger partial charge in [-0.05, 0) is 6.42 Å². The van der Waals surface area contributed by atoms with Crippen molar-refractivity contribution in [2.75, 3.05) is 0 Å². The normalized spacial score (nSPS) is 27.5. The van der Waals surface area contributed by atoms with Gasteiger partial charge in [-0.2, -0.15) is 0 Å². The van der Waals surface area contributed by atoms with Crippen LogP contribution in [0.3, 0.4) is 0 Å². The first-order chi connectivity index (χ1) is 5.65. The van der Waals surface area contributed by atoms with E-state index in [1.165, 1.54) is 0 Å². The Morgan fingerprint density at radius 3 is 1.83 bits per heavy atom. The Hall–Kier alpha value is -0.990. The Kier molecular flexibility index (Phi) is 1.43. The second kappa shape index (κ2) is 2.25. The van der Waals surface area contributed by atoms with Crippen molar-refractivity contribution in [3.63, 3.8) is 0 Å². The van der Waals surface area contributed by atoms with Crippen molar-refractivity contribution in [2.24, 2.45) is 5.41 Å². The van der Waals surface area contributed by atoms with Crippen LogP contribution in [-0.4, -0.2) is 17.3 Å². The summed E-state index contributed by atoms with van der Waals surface area (Å²) in [4.78, 5) is 33.5. The van der Waals surface area contributed by atoms with Crippen molar-refractivity contribution in [2.45, 2.75) is 32.1 Å². The Morgan fingerprint density at radius 2 is 1.42 bits per heavy atom. The second-order valence-corrected chi connectivity index (χ2v) is 3.67. The molecule has 64 valence electrons. The molecular weight excluding hydrogens is 156 g/mol. The number of ketones is 3. The van der Waals surface area contributed by atoms with Gasteiger partial charge in [-0.3, -0.25) is 14.4 Å². The zero-order chi connectivity index (χ0) is 8.77. The molecule has 0 radical (unpaired) electrons. The first kappa shape index (κ1) is 7.65. The van der Waals surface area contributed by atoms with Crippen LogP contribution in [0.25, 0.3) is 0 Å². The summed E-state index contributed by atoms with van der Waals surface area (Å²) in [6.45, 7) is 0. The monoisotopic (exact) mass is 166 g/mol. The molecule has 2 aliphatic carbocycles. The lowest BCUT2D eigenvalue weighted by Gasteiger charge is -2.39. The van der Waals surface area contributed by atoms with Crippen molar-refractivity contribution in [1.82, 2.24) is 0 Å². The summed E-state index contributed by atoms with van der Waals surface area (Å²) in [6.07, 6.45) is 2.01. The molecule has 2 saturated carbocycles. The molecule has 0 bridgehead atoms. The van der Waals surface area contributed by atoms with Crippen molar-refractivity contribution in [1.29, 1.82) is 0 Å². The van der Waals surface area contributed by atoms with Crippen LogP contribution in [0.15, 0.2) is 0 Å². The van der Waals surface area contributed by atoms with E-state index in [0.717, 1.165) is 0 Å². The highest BCUT2D eigenvalue weighted by molar-refractivity contribution is 6.17. The summed E-state index contributed by atoms with van der Waals surface area (Å²) in [6, 6.07) is 0.